The number of thiophene rings is 8. The van der Waals surface area contributed by atoms with Crippen LogP contribution in [0.25, 0.3) is 77.6 Å². The molecule has 8 aromatic heterocycles. The zero-order chi connectivity index (χ0) is 56.8. The molecule has 408 valence electrons. The van der Waals surface area contributed by atoms with Gasteiger partial charge in [0.2, 0.25) is 0 Å². The van der Waals surface area contributed by atoms with Crippen molar-refractivity contribution in [3.8, 4) is 30.6 Å². The van der Waals surface area contributed by atoms with E-state index in [1.807, 2.05) is 90.7 Å². The molecule has 0 saturated heterocycles. The van der Waals surface area contributed by atoms with Crippen LogP contribution < -0.4 is 0 Å². The first-order chi connectivity index (χ1) is 40.7. The van der Waals surface area contributed by atoms with Crippen LogP contribution in [0.1, 0.15) is 115 Å². The Labute approximate surface area is 522 Å². The molecule has 0 fully saturated rings. The summed E-state index contributed by atoms with van der Waals surface area (Å²) in [5.74, 6) is 0. The van der Waals surface area contributed by atoms with E-state index in [1.54, 1.807) is 0 Å². The quantitative estimate of drug-likeness (QED) is 0.135. The Morgan fingerprint density at radius 1 is 0.298 bits per heavy atom. The molecule has 8 heterocycles. The summed E-state index contributed by atoms with van der Waals surface area (Å²) in [5.41, 5.74) is 20.2. The molecule has 0 nitrogen and oxygen atoms in total. The van der Waals surface area contributed by atoms with Gasteiger partial charge in [-0.3, -0.25) is 0 Å². The van der Waals surface area contributed by atoms with Crippen LogP contribution in [-0.2, 0) is 21.7 Å². The van der Waals surface area contributed by atoms with Crippen molar-refractivity contribution < 1.29 is 0 Å². The summed E-state index contributed by atoms with van der Waals surface area (Å²) in [6.07, 6.45) is 0. The number of hydrogen-bond acceptors (Lipinski definition) is 8. The van der Waals surface area contributed by atoms with Crippen molar-refractivity contribution in [1.82, 2.24) is 0 Å². The van der Waals surface area contributed by atoms with E-state index in [2.05, 4.69) is 250 Å². The fraction of sp³-hybridized carbons (Fsp3) is 0.158. The topological polar surface area (TPSA) is 0 Å². The number of rotatable bonds is 9. The molecule has 0 N–H and O–H groups in total. The van der Waals surface area contributed by atoms with Crippen LogP contribution in [0.15, 0.2) is 194 Å². The zero-order valence-electron chi connectivity index (χ0n) is 47.7. The Kier molecular flexibility index (Phi) is 11.4. The lowest BCUT2D eigenvalue weighted by molar-refractivity contribution is 0.656. The molecule has 0 unspecified atom stereocenters. The van der Waals surface area contributed by atoms with Crippen LogP contribution in [0.5, 0.6) is 0 Å². The second-order valence-electron chi connectivity index (χ2n) is 24.6. The third kappa shape index (κ3) is 7.17. The zero-order valence-corrected chi connectivity index (χ0v) is 54.3. The number of benzene rings is 7. The summed E-state index contributed by atoms with van der Waals surface area (Å²) in [6, 6.07) is 75.8. The van der Waals surface area contributed by atoms with E-state index in [-0.39, 0.29) is 10.8 Å². The van der Waals surface area contributed by atoms with E-state index in [1.165, 1.54) is 165 Å². The van der Waals surface area contributed by atoms with E-state index in [0.717, 1.165) is 0 Å². The molecule has 0 radical (unpaired) electrons. The molecule has 17 rings (SSSR count). The van der Waals surface area contributed by atoms with Gasteiger partial charge in [0.15, 0.2) is 0 Å². The van der Waals surface area contributed by atoms with Gasteiger partial charge in [-0.1, -0.05) is 208 Å². The summed E-state index contributed by atoms with van der Waals surface area (Å²) >= 11 is 16.1. The lowest BCUT2D eigenvalue weighted by atomic mass is 9.65. The standard InChI is InChI=1S/C76H56S8/c1-41-19-27-47(28-20-41)75(48-29-21-42(2)22-30-48)53-36-52-54(35-51(53)65-63(75)69-71(83-65)67-59(80-69)38-57(79-67)55-37-56-58(77-55)39-61(78-56)73(5,6)45-15-11-9-12-16-45)76(49-31-23-43(3)24-32-49,50-33-25-44(4)26-34-50)64-66(52)84-72-68-60(81-70(64)72)40-62(82-68)74(7,8)46-17-13-10-14-18-46/h9-40H,1-8H3. The highest BCUT2D eigenvalue weighted by atomic mass is 32.1. The van der Waals surface area contributed by atoms with E-state index < -0.39 is 10.8 Å². The van der Waals surface area contributed by atoms with Gasteiger partial charge in [-0.05, 0) is 120 Å². The maximum Gasteiger partial charge on any atom is 0.0736 e. The molecule has 0 bridgehead atoms. The molecule has 2 aliphatic carbocycles. The summed E-state index contributed by atoms with van der Waals surface area (Å²) in [7, 11) is 0. The first-order valence-electron chi connectivity index (χ1n) is 28.8. The van der Waals surface area contributed by atoms with Crippen molar-refractivity contribution in [1.29, 1.82) is 0 Å². The minimum Gasteiger partial charge on any atom is -0.138 e. The highest BCUT2D eigenvalue weighted by Crippen LogP contribution is 2.69. The SMILES string of the molecule is Cc1ccc(C2(c3ccc(C)cc3)c3cc4c(cc3-c3sc5c(sc6cc(-c7cc8sc(C(C)(C)c9ccccc9)cc8s7)sc65)c32)C(c2ccc(C)cc2)(c2ccc(C)cc2)c2c-4sc3c2sc2cc(C(C)(C)c4ccccc4)sc23)cc1. The van der Waals surface area contributed by atoms with Gasteiger partial charge in [-0.2, -0.15) is 0 Å². The second kappa shape index (κ2) is 18.5. The molecule has 8 heteroatoms. The van der Waals surface area contributed by atoms with E-state index in [9.17, 15) is 0 Å². The van der Waals surface area contributed by atoms with Gasteiger partial charge in [0.05, 0.1) is 39.0 Å². The Morgan fingerprint density at radius 3 is 1.08 bits per heavy atom. The average Bonchev–Trinajstić information content (AvgIpc) is 1.51. The molecule has 0 spiro atoms. The number of aryl methyl sites for hydroxylation is 4. The fourth-order valence-corrected chi connectivity index (χ4v) is 25.6. The van der Waals surface area contributed by atoms with Crippen molar-refractivity contribution in [3.05, 3.63) is 282 Å². The van der Waals surface area contributed by atoms with Gasteiger partial charge in [-0.25, -0.2) is 0 Å². The normalized spacial score (nSPS) is 14.4. The minimum atomic E-state index is -0.578. The Balaban J connectivity index is 0.922. The molecule has 15 aromatic rings. The summed E-state index contributed by atoms with van der Waals surface area (Å²) in [6.45, 7) is 18.4. The van der Waals surface area contributed by atoms with Crippen LogP contribution in [0.3, 0.4) is 0 Å². The molecular formula is C76H56S8. The molecule has 84 heavy (non-hydrogen) atoms. The van der Waals surface area contributed by atoms with Gasteiger partial charge < -0.3 is 0 Å². The maximum atomic E-state index is 2.71. The van der Waals surface area contributed by atoms with Crippen molar-refractivity contribution in [3.63, 3.8) is 0 Å². The van der Waals surface area contributed by atoms with Crippen molar-refractivity contribution >= 4 is 138 Å². The van der Waals surface area contributed by atoms with Crippen molar-refractivity contribution in [2.24, 2.45) is 0 Å². The van der Waals surface area contributed by atoms with Gasteiger partial charge in [0.1, 0.15) is 0 Å². The van der Waals surface area contributed by atoms with Crippen LogP contribution in [0.2, 0.25) is 0 Å². The predicted molar refractivity (Wildman–Crippen MR) is 373 cm³/mol. The largest absolute Gasteiger partial charge is 0.138 e. The molecule has 0 amide bonds. The fourth-order valence-electron chi connectivity index (χ4n) is 14.1. The summed E-state index contributed by atoms with van der Waals surface area (Å²) < 4.78 is 14.1. The number of fused-ring (bicyclic) bond motifs is 15. The average molecular weight is 1230 g/mol. The third-order valence-corrected chi connectivity index (χ3v) is 29.8. The summed E-state index contributed by atoms with van der Waals surface area (Å²) in [4.78, 5) is 8.39. The molecule has 0 atom stereocenters. The first-order valence-corrected chi connectivity index (χ1v) is 35.4. The molecule has 0 saturated carbocycles. The Hall–Kier alpha value is -6.56. The van der Waals surface area contributed by atoms with Crippen LogP contribution in [0, 0.1) is 27.7 Å². The minimum absolute atomic E-state index is 0.0542. The Morgan fingerprint density at radius 2 is 0.655 bits per heavy atom. The maximum absolute atomic E-state index is 2.71. The monoisotopic (exact) mass is 1220 g/mol. The highest BCUT2D eigenvalue weighted by molar-refractivity contribution is 7.42. The van der Waals surface area contributed by atoms with Crippen LogP contribution in [0.4, 0.5) is 0 Å². The lowest BCUT2D eigenvalue weighted by Gasteiger charge is -2.35. The molecule has 2 aliphatic rings. The van der Waals surface area contributed by atoms with Crippen molar-refractivity contribution in [2.45, 2.75) is 77.0 Å². The summed E-state index contributed by atoms with van der Waals surface area (Å²) in [5, 5.41) is 0. The highest BCUT2D eigenvalue weighted by Gasteiger charge is 2.55. The van der Waals surface area contributed by atoms with E-state index in [0.29, 0.717) is 0 Å². The second-order valence-corrected chi connectivity index (χ2v) is 33.0. The van der Waals surface area contributed by atoms with Crippen LogP contribution in [-0.4, -0.2) is 0 Å². The third-order valence-electron chi connectivity index (χ3n) is 18.8. The molecule has 0 aliphatic heterocycles. The van der Waals surface area contributed by atoms with E-state index >= 15 is 0 Å². The van der Waals surface area contributed by atoms with Crippen LogP contribution >= 0.6 is 90.7 Å². The first kappa shape index (κ1) is 51.8. The smallest absolute Gasteiger partial charge is 0.0736 e. The predicted octanol–water partition coefficient (Wildman–Crippen LogP) is 24.2. The Bertz CT molecular complexity index is 5010. The van der Waals surface area contributed by atoms with Gasteiger partial charge in [0.25, 0.3) is 0 Å². The van der Waals surface area contributed by atoms with Gasteiger partial charge in [-0.15, -0.1) is 90.7 Å². The van der Waals surface area contributed by atoms with Gasteiger partial charge in [0, 0.05) is 70.0 Å². The van der Waals surface area contributed by atoms with Gasteiger partial charge >= 0.3 is 0 Å². The lowest BCUT2D eigenvalue weighted by Crippen LogP contribution is -2.30. The van der Waals surface area contributed by atoms with E-state index in [4.69, 9.17) is 0 Å². The number of hydrogen-bond donors (Lipinski definition) is 0. The molecular weight excluding hydrogens is 1170 g/mol. The molecule has 7 aromatic carbocycles. The van der Waals surface area contributed by atoms with Crippen molar-refractivity contribution in [2.75, 3.05) is 0 Å².